The molecule has 0 amide bonds. The Kier molecular flexibility index (Phi) is 5.57. The molecule has 6 nitrogen and oxygen atoms in total. The Morgan fingerprint density at radius 3 is 2.71 bits per heavy atom. The summed E-state index contributed by atoms with van der Waals surface area (Å²) in [6, 6.07) is 5.99. The minimum atomic E-state index is 0.375. The Bertz CT molecular complexity index is 569. The number of hydrogen-bond donors (Lipinski definition) is 1. The van der Waals surface area contributed by atoms with Crippen LogP contribution in [0.3, 0.4) is 0 Å². The van der Waals surface area contributed by atoms with Crippen LogP contribution in [0.25, 0.3) is 0 Å². The van der Waals surface area contributed by atoms with Gasteiger partial charge in [0.25, 0.3) is 0 Å². The highest BCUT2D eigenvalue weighted by Crippen LogP contribution is 2.29. The molecule has 0 fully saturated rings. The average Bonchev–Trinajstić information content (AvgIpc) is 2.90. The summed E-state index contributed by atoms with van der Waals surface area (Å²) in [7, 11) is 1.83. The molecule has 0 saturated carbocycles. The zero-order valence-corrected chi connectivity index (χ0v) is 12.8. The lowest BCUT2D eigenvalue weighted by molar-refractivity contribution is 0.266. The zero-order valence-electron chi connectivity index (χ0n) is 12.8. The fourth-order valence-corrected chi connectivity index (χ4v) is 1.93. The number of aryl methyl sites for hydroxylation is 1. The van der Waals surface area contributed by atoms with Crippen molar-refractivity contribution >= 4 is 0 Å². The van der Waals surface area contributed by atoms with Crippen LogP contribution in [0, 0.1) is 0 Å². The molecule has 0 radical (unpaired) electrons. The molecule has 0 aliphatic carbocycles. The molecule has 0 saturated heterocycles. The van der Waals surface area contributed by atoms with Crippen LogP contribution in [-0.2, 0) is 20.2 Å². The average molecular weight is 290 g/mol. The maximum atomic E-state index is 5.79. The normalized spacial score (nSPS) is 10.6. The molecule has 1 heterocycles. The molecule has 0 spiro atoms. The largest absolute Gasteiger partial charge is 0.490 e. The van der Waals surface area contributed by atoms with Crippen LogP contribution in [0.5, 0.6) is 11.5 Å². The lowest BCUT2D eigenvalue weighted by atomic mass is 10.2. The van der Waals surface area contributed by atoms with Crippen molar-refractivity contribution in [3.05, 3.63) is 35.7 Å². The van der Waals surface area contributed by atoms with Crippen molar-refractivity contribution in [1.29, 1.82) is 0 Å². The van der Waals surface area contributed by atoms with Gasteiger partial charge in [-0.1, -0.05) is 18.2 Å². The minimum Gasteiger partial charge on any atom is -0.490 e. The topological polar surface area (TPSA) is 61.2 Å². The molecule has 0 atom stereocenters. The van der Waals surface area contributed by atoms with E-state index in [0.717, 1.165) is 30.3 Å². The summed E-state index contributed by atoms with van der Waals surface area (Å²) in [6.07, 6.45) is 1.83. The minimum absolute atomic E-state index is 0.375. The molecule has 2 rings (SSSR count). The van der Waals surface area contributed by atoms with Crippen molar-refractivity contribution in [3.63, 3.8) is 0 Å². The first-order chi connectivity index (χ1) is 10.2. The fraction of sp³-hybridized carbons (Fsp3) is 0.467. The van der Waals surface area contributed by atoms with Gasteiger partial charge in [0.15, 0.2) is 11.5 Å². The van der Waals surface area contributed by atoms with E-state index in [4.69, 9.17) is 9.47 Å². The second-order valence-electron chi connectivity index (χ2n) is 4.67. The Hall–Kier alpha value is -2.08. The van der Waals surface area contributed by atoms with Crippen LogP contribution >= 0.6 is 0 Å². The van der Waals surface area contributed by atoms with E-state index in [1.165, 1.54) is 5.56 Å². The second-order valence-corrected chi connectivity index (χ2v) is 4.67. The summed E-state index contributed by atoms with van der Waals surface area (Å²) in [5.74, 6) is 1.49. The van der Waals surface area contributed by atoms with E-state index < -0.39 is 0 Å². The predicted molar refractivity (Wildman–Crippen MR) is 80.3 cm³/mol. The molecule has 1 N–H and O–H groups in total. The Balaban J connectivity index is 2.06. The highest BCUT2D eigenvalue weighted by Gasteiger charge is 2.08. The summed E-state index contributed by atoms with van der Waals surface area (Å²) in [5, 5.41) is 11.2. The molecule has 0 aliphatic rings. The number of benzene rings is 1. The van der Waals surface area contributed by atoms with Gasteiger partial charge in [-0.3, -0.25) is 4.68 Å². The first kappa shape index (κ1) is 15.3. The molecule has 114 valence electrons. The Morgan fingerprint density at radius 1 is 1.19 bits per heavy atom. The molecular weight excluding hydrogens is 268 g/mol. The van der Waals surface area contributed by atoms with E-state index in [1.54, 1.807) is 4.68 Å². The molecule has 21 heavy (non-hydrogen) atoms. The standard InChI is InChI=1S/C15H22N4O2/c1-4-16-9-12-6-7-14(15(8-12)20-5-2)21-11-13-10-19(3)18-17-13/h6-8,10,16H,4-5,9,11H2,1-3H3. The fourth-order valence-electron chi connectivity index (χ4n) is 1.93. The summed E-state index contributed by atoms with van der Waals surface area (Å²) < 4.78 is 13.1. The van der Waals surface area contributed by atoms with Gasteiger partial charge in [-0.15, -0.1) is 5.10 Å². The molecule has 0 bridgehead atoms. The lowest BCUT2D eigenvalue weighted by Crippen LogP contribution is -2.12. The maximum absolute atomic E-state index is 5.79. The van der Waals surface area contributed by atoms with E-state index >= 15 is 0 Å². The summed E-state index contributed by atoms with van der Waals surface area (Å²) in [5.41, 5.74) is 1.96. The smallest absolute Gasteiger partial charge is 0.161 e. The predicted octanol–water partition coefficient (Wildman–Crippen LogP) is 1.90. The lowest BCUT2D eigenvalue weighted by Gasteiger charge is -2.13. The molecule has 0 unspecified atom stereocenters. The number of hydrogen-bond acceptors (Lipinski definition) is 5. The van der Waals surface area contributed by atoms with Crippen molar-refractivity contribution in [2.45, 2.75) is 27.0 Å². The van der Waals surface area contributed by atoms with Crippen molar-refractivity contribution in [1.82, 2.24) is 20.3 Å². The number of ether oxygens (including phenoxy) is 2. The van der Waals surface area contributed by atoms with Crippen LogP contribution in [0.1, 0.15) is 25.1 Å². The highest BCUT2D eigenvalue weighted by molar-refractivity contribution is 5.43. The molecule has 1 aromatic heterocycles. The van der Waals surface area contributed by atoms with E-state index in [9.17, 15) is 0 Å². The van der Waals surface area contributed by atoms with Crippen molar-refractivity contribution in [2.75, 3.05) is 13.2 Å². The van der Waals surface area contributed by atoms with Gasteiger partial charge in [0.05, 0.1) is 12.8 Å². The molecular formula is C15H22N4O2. The van der Waals surface area contributed by atoms with E-state index in [0.29, 0.717) is 13.2 Å². The van der Waals surface area contributed by atoms with Crippen molar-refractivity contribution < 1.29 is 9.47 Å². The van der Waals surface area contributed by atoms with E-state index in [1.807, 2.05) is 38.4 Å². The summed E-state index contributed by atoms with van der Waals surface area (Å²) in [4.78, 5) is 0. The third-order valence-corrected chi connectivity index (χ3v) is 2.91. The summed E-state index contributed by atoms with van der Waals surface area (Å²) in [6.45, 7) is 6.79. The quantitative estimate of drug-likeness (QED) is 0.804. The van der Waals surface area contributed by atoms with Gasteiger partial charge in [0.1, 0.15) is 12.3 Å². The van der Waals surface area contributed by atoms with Crippen molar-refractivity contribution in [3.8, 4) is 11.5 Å². The number of nitrogens with one attached hydrogen (secondary N) is 1. The molecule has 1 aromatic carbocycles. The van der Waals surface area contributed by atoms with Gasteiger partial charge in [-0.25, -0.2) is 0 Å². The van der Waals surface area contributed by atoms with Gasteiger partial charge in [-0.2, -0.15) is 0 Å². The van der Waals surface area contributed by atoms with E-state index in [2.05, 4.69) is 22.6 Å². The van der Waals surface area contributed by atoms with Crippen LogP contribution in [-0.4, -0.2) is 28.1 Å². The molecule has 6 heteroatoms. The van der Waals surface area contributed by atoms with Gasteiger partial charge >= 0.3 is 0 Å². The molecule has 0 aliphatic heterocycles. The van der Waals surface area contributed by atoms with Crippen LogP contribution < -0.4 is 14.8 Å². The zero-order chi connectivity index (χ0) is 15.1. The van der Waals surface area contributed by atoms with Gasteiger partial charge in [0.2, 0.25) is 0 Å². The first-order valence-electron chi connectivity index (χ1n) is 7.17. The van der Waals surface area contributed by atoms with E-state index in [-0.39, 0.29) is 0 Å². The van der Waals surface area contributed by atoms with Crippen LogP contribution in [0.4, 0.5) is 0 Å². The van der Waals surface area contributed by atoms with Gasteiger partial charge in [-0.05, 0) is 31.2 Å². The van der Waals surface area contributed by atoms with Crippen molar-refractivity contribution in [2.24, 2.45) is 7.05 Å². The van der Waals surface area contributed by atoms with Gasteiger partial charge < -0.3 is 14.8 Å². The number of rotatable bonds is 8. The molecule has 2 aromatic rings. The number of aromatic nitrogens is 3. The maximum Gasteiger partial charge on any atom is 0.161 e. The Labute approximate surface area is 125 Å². The Morgan fingerprint density at radius 2 is 2.05 bits per heavy atom. The summed E-state index contributed by atoms with van der Waals surface area (Å²) >= 11 is 0. The third-order valence-electron chi connectivity index (χ3n) is 2.91. The van der Waals surface area contributed by atoms with Crippen LogP contribution in [0.2, 0.25) is 0 Å². The highest BCUT2D eigenvalue weighted by atomic mass is 16.5. The van der Waals surface area contributed by atoms with Gasteiger partial charge in [0, 0.05) is 13.6 Å². The second kappa shape index (κ2) is 7.64. The third kappa shape index (κ3) is 4.46. The SMILES string of the molecule is CCNCc1ccc(OCc2cn(C)nn2)c(OCC)c1. The monoisotopic (exact) mass is 290 g/mol. The first-order valence-corrected chi connectivity index (χ1v) is 7.17. The van der Waals surface area contributed by atoms with Crippen LogP contribution in [0.15, 0.2) is 24.4 Å². The number of nitrogens with zero attached hydrogens (tertiary/aromatic N) is 3.